The van der Waals surface area contributed by atoms with Crippen LogP contribution in [0.3, 0.4) is 0 Å². The monoisotopic (exact) mass is 876 g/mol. The van der Waals surface area contributed by atoms with E-state index in [1.54, 1.807) is 15.4 Å². The maximum atomic E-state index is 13.6. The van der Waals surface area contributed by atoms with Crippen molar-refractivity contribution >= 4 is 38.8 Å². The first-order valence-electron chi connectivity index (χ1n) is 19.5. The van der Waals surface area contributed by atoms with E-state index in [4.69, 9.17) is 15.2 Å². The van der Waals surface area contributed by atoms with Gasteiger partial charge in [0.1, 0.15) is 11.6 Å². The van der Waals surface area contributed by atoms with Gasteiger partial charge in [-0.15, -0.1) is 0 Å². The van der Waals surface area contributed by atoms with Gasteiger partial charge in [-0.1, -0.05) is 0 Å². The van der Waals surface area contributed by atoms with Gasteiger partial charge < -0.3 is 30.3 Å². The third kappa shape index (κ3) is 8.91. The molecule has 6 aromatic rings. The van der Waals surface area contributed by atoms with E-state index in [9.17, 15) is 26.0 Å². The molecule has 0 radical (unpaired) electrons. The highest BCUT2D eigenvalue weighted by molar-refractivity contribution is 7.90. The average Bonchev–Trinajstić information content (AvgIpc) is 3.67. The number of nitrogen functional groups attached to an aromatic ring is 1. The average molecular weight is 877 g/mol. The van der Waals surface area contributed by atoms with Crippen molar-refractivity contribution < 1.29 is 35.5 Å². The molecule has 0 aliphatic carbocycles. The summed E-state index contributed by atoms with van der Waals surface area (Å²) in [4.78, 5) is 21.8. The normalized spacial score (nSPS) is 16.9. The maximum Gasteiger partial charge on any atom is 0.250 e. The molecule has 4 saturated heterocycles. The standard InChI is InChI=1S/C20H20F2N6O.C15H19N5O3S.C6H5F2N/c1-12-5-13(2)28(26-12)18-7-17(27-8-20(9-27)10-29-11-20)24-19(25-18)23-14-3-4-15(21)16(22)6-14;1-10-4-11(2)20(18-10)13-5-12(16-14(17-13)24(3,21)22)19-6-15(7-19)8-23-9-15;7-5-2-1-4(9)3-6(5)8/h3-7H,8-11H2,1-2H3,(H,23,24,25);4-5H,6-9H2,1-3H3;1-3H,9H2. The van der Waals surface area contributed by atoms with Crippen LogP contribution in [0.5, 0.6) is 0 Å². The number of rotatable bonds is 7. The summed E-state index contributed by atoms with van der Waals surface area (Å²) in [6.45, 7) is 14.1. The summed E-state index contributed by atoms with van der Waals surface area (Å²) >= 11 is 0. The van der Waals surface area contributed by atoms with E-state index in [0.29, 0.717) is 29.1 Å². The third-order valence-electron chi connectivity index (χ3n) is 10.7. The molecule has 2 aromatic carbocycles. The second kappa shape index (κ2) is 16.3. The fourth-order valence-electron chi connectivity index (χ4n) is 7.52. The number of nitrogens with one attached hydrogen (secondary N) is 1. The van der Waals surface area contributed by atoms with Crippen LogP contribution in [-0.2, 0) is 19.3 Å². The fraction of sp³-hybridized carbons (Fsp3) is 0.366. The number of aryl methyl sites for hydroxylation is 4. The Kier molecular flexibility index (Phi) is 11.1. The minimum atomic E-state index is -3.51. The summed E-state index contributed by atoms with van der Waals surface area (Å²) in [6.07, 6.45) is 1.12. The number of sulfone groups is 1. The number of nitrogens with two attached hydrogens (primary N) is 1. The molecular formula is C41H44F4N12O4S. The molecule has 10 rings (SSSR count). The molecule has 16 nitrogen and oxygen atoms in total. The van der Waals surface area contributed by atoms with Gasteiger partial charge >= 0.3 is 0 Å². The molecule has 0 bridgehead atoms. The number of ether oxygens (including phenoxy) is 2. The predicted octanol–water partition coefficient (Wildman–Crippen LogP) is 5.20. The molecule has 4 fully saturated rings. The molecule has 0 amide bonds. The van der Waals surface area contributed by atoms with Crippen LogP contribution in [0, 0.1) is 61.8 Å². The van der Waals surface area contributed by atoms with E-state index in [1.807, 2.05) is 45.9 Å². The number of hydrogen-bond acceptors (Lipinski definition) is 14. The Labute approximate surface area is 354 Å². The van der Waals surface area contributed by atoms with E-state index in [2.05, 4.69) is 45.2 Å². The van der Waals surface area contributed by atoms with Crippen LogP contribution in [0.1, 0.15) is 22.8 Å². The van der Waals surface area contributed by atoms with E-state index >= 15 is 0 Å². The first-order valence-corrected chi connectivity index (χ1v) is 21.4. The van der Waals surface area contributed by atoms with Crippen molar-refractivity contribution in [2.75, 3.05) is 79.7 Å². The predicted molar refractivity (Wildman–Crippen MR) is 222 cm³/mol. The van der Waals surface area contributed by atoms with Crippen molar-refractivity contribution in [2.24, 2.45) is 10.8 Å². The number of halogens is 4. The van der Waals surface area contributed by atoms with Gasteiger partial charge in [0.05, 0.1) is 48.6 Å². The van der Waals surface area contributed by atoms with Gasteiger partial charge in [0.25, 0.3) is 5.16 Å². The van der Waals surface area contributed by atoms with Gasteiger partial charge in [-0.3, -0.25) is 0 Å². The molecule has 0 saturated carbocycles. The zero-order valence-corrected chi connectivity index (χ0v) is 35.3. The van der Waals surface area contributed by atoms with Crippen LogP contribution in [-0.4, -0.2) is 107 Å². The van der Waals surface area contributed by atoms with Crippen LogP contribution >= 0.6 is 0 Å². The van der Waals surface area contributed by atoms with Gasteiger partial charge in [-0.25, -0.2) is 40.3 Å². The van der Waals surface area contributed by atoms with Crippen molar-refractivity contribution in [3.05, 3.63) is 107 Å². The van der Waals surface area contributed by atoms with Crippen LogP contribution in [0.2, 0.25) is 0 Å². The molecule has 4 aromatic heterocycles. The topological polar surface area (TPSA) is 184 Å². The Morgan fingerprint density at radius 2 is 1.06 bits per heavy atom. The summed E-state index contributed by atoms with van der Waals surface area (Å²) in [5.41, 5.74) is 9.74. The maximum absolute atomic E-state index is 13.6. The fourth-order valence-corrected chi connectivity index (χ4v) is 8.04. The molecular weight excluding hydrogens is 833 g/mol. The highest BCUT2D eigenvalue weighted by Crippen LogP contribution is 2.41. The lowest BCUT2D eigenvalue weighted by atomic mass is 9.78. The Hall–Kier alpha value is -6.19. The summed E-state index contributed by atoms with van der Waals surface area (Å²) in [7, 11) is -3.51. The van der Waals surface area contributed by atoms with E-state index in [1.165, 1.54) is 12.1 Å². The van der Waals surface area contributed by atoms with Gasteiger partial charge in [0.15, 0.2) is 34.9 Å². The Balaban J connectivity index is 0.000000144. The van der Waals surface area contributed by atoms with Gasteiger partial charge in [-0.2, -0.15) is 25.1 Å². The zero-order chi connectivity index (χ0) is 44.1. The highest BCUT2D eigenvalue weighted by Gasteiger charge is 2.50. The first-order chi connectivity index (χ1) is 29.4. The van der Waals surface area contributed by atoms with Crippen molar-refractivity contribution in [1.82, 2.24) is 39.5 Å². The number of aromatic nitrogens is 8. The lowest BCUT2D eigenvalue weighted by molar-refractivity contribution is -0.127. The summed E-state index contributed by atoms with van der Waals surface area (Å²) < 4.78 is 89.0. The molecule has 0 atom stereocenters. The number of benzene rings is 2. The molecule has 0 unspecified atom stereocenters. The van der Waals surface area contributed by atoms with Crippen molar-refractivity contribution in [3.63, 3.8) is 0 Å². The van der Waals surface area contributed by atoms with Crippen molar-refractivity contribution in [2.45, 2.75) is 32.9 Å². The Bertz CT molecular complexity index is 2760. The second-order valence-electron chi connectivity index (χ2n) is 16.3. The zero-order valence-electron chi connectivity index (χ0n) is 34.5. The largest absolute Gasteiger partial charge is 0.399 e. The Morgan fingerprint density at radius 3 is 1.48 bits per heavy atom. The molecule has 3 N–H and O–H groups in total. The molecule has 8 heterocycles. The highest BCUT2D eigenvalue weighted by atomic mass is 32.2. The lowest BCUT2D eigenvalue weighted by Crippen LogP contribution is -2.66. The lowest BCUT2D eigenvalue weighted by Gasteiger charge is -2.55. The number of hydrogen-bond donors (Lipinski definition) is 2. The molecule has 2 spiro atoms. The van der Waals surface area contributed by atoms with E-state index < -0.39 is 33.1 Å². The van der Waals surface area contributed by atoms with Crippen molar-refractivity contribution in [3.8, 4) is 11.6 Å². The minimum Gasteiger partial charge on any atom is -0.399 e. The van der Waals surface area contributed by atoms with E-state index in [0.717, 1.165) is 112 Å². The summed E-state index contributed by atoms with van der Waals surface area (Å²) in [5.74, 6) is -0.869. The van der Waals surface area contributed by atoms with E-state index in [-0.39, 0.29) is 21.7 Å². The number of anilines is 5. The molecule has 21 heteroatoms. The first kappa shape index (κ1) is 42.5. The third-order valence-corrected chi connectivity index (χ3v) is 11.5. The quantitative estimate of drug-likeness (QED) is 0.121. The van der Waals surface area contributed by atoms with Crippen LogP contribution < -0.4 is 20.9 Å². The minimum absolute atomic E-state index is 0.173. The van der Waals surface area contributed by atoms with Crippen LogP contribution in [0.4, 0.5) is 46.5 Å². The van der Waals surface area contributed by atoms with Gasteiger partial charge in [0, 0.05) is 73.4 Å². The molecule has 62 heavy (non-hydrogen) atoms. The SMILES string of the molecule is Cc1cc(C)n(-c2cc(N3CC4(COC4)C3)nc(Nc3ccc(F)c(F)c3)n2)n1.Cc1cc(C)n(-c2cc(N3CC4(COC4)C3)nc(S(C)(=O)=O)n2)n1.Nc1ccc(F)c(F)c1. The molecule has 4 aliphatic rings. The second-order valence-corrected chi connectivity index (χ2v) is 18.3. The summed E-state index contributed by atoms with van der Waals surface area (Å²) in [5, 5.41) is 11.7. The number of nitrogens with zero attached hydrogens (tertiary/aromatic N) is 10. The van der Waals surface area contributed by atoms with Gasteiger partial charge in [0.2, 0.25) is 15.8 Å². The summed E-state index contributed by atoms with van der Waals surface area (Å²) in [6, 6.07) is 14.4. The molecule has 4 aliphatic heterocycles. The van der Waals surface area contributed by atoms with Gasteiger partial charge in [-0.05, 0) is 70.2 Å². The molecule has 326 valence electrons. The van der Waals surface area contributed by atoms with Crippen LogP contribution in [0.25, 0.3) is 11.6 Å². The smallest absolute Gasteiger partial charge is 0.250 e. The Morgan fingerprint density at radius 1 is 0.613 bits per heavy atom. The van der Waals surface area contributed by atoms with Crippen molar-refractivity contribution in [1.29, 1.82) is 0 Å². The van der Waals surface area contributed by atoms with Crippen LogP contribution in [0.15, 0.2) is 65.8 Å².